The average molecular weight is 669 g/mol. The number of fused-ring (bicyclic) bond motifs is 7. The summed E-state index contributed by atoms with van der Waals surface area (Å²) in [6, 6.07) is 0. The summed E-state index contributed by atoms with van der Waals surface area (Å²) in [5, 5.41) is 97.0. The van der Waals surface area contributed by atoms with Crippen molar-refractivity contribution in [3.05, 3.63) is 11.6 Å². The quantitative estimate of drug-likeness (QED) is 0.144. The van der Waals surface area contributed by atoms with Crippen LogP contribution in [0.1, 0.15) is 86.0 Å². The van der Waals surface area contributed by atoms with Gasteiger partial charge in [-0.3, -0.25) is 4.79 Å². The number of rotatable bonds is 4. The maximum atomic E-state index is 14.4. The highest BCUT2D eigenvalue weighted by Gasteiger charge is 2.73. The number of hydrogen-bond acceptors (Lipinski definition) is 12. The molecule has 6 aliphatic rings. The maximum Gasteiger partial charge on any atom is 0.315 e. The third-order valence-corrected chi connectivity index (χ3v) is 15.2. The van der Waals surface area contributed by atoms with E-state index >= 15 is 0 Å². The summed E-state index contributed by atoms with van der Waals surface area (Å²) in [4.78, 5) is 14.4. The zero-order chi connectivity index (χ0) is 34.7. The lowest BCUT2D eigenvalue weighted by Gasteiger charge is -2.71. The van der Waals surface area contributed by atoms with Gasteiger partial charge >= 0.3 is 5.97 Å². The highest BCUT2D eigenvalue weighted by Crippen LogP contribution is 2.75. The van der Waals surface area contributed by atoms with E-state index in [2.05, 4.69) is 26.8 Å². The predicted octanol–water partition coefficient (Wildman–Crippen LogP) is 0.131. The van der Waals surface area contributed by atoms with Crippen molar-refractivity contribution >= 4 is 5.97 Å². The van der Waals surface area contributed by atoms with E-state index in [-0.39, 0.29) is 23.7 Å². The molecule has 1 heterocycles. The Morgan fingerprint density at radius 2 is 1.60 bits per heavy atom. The highest BCUT2D eigenvalue weighted by molar-refractivity contribution is 5.79. The first-order valence-corrected chi connectivity index (χ1v) is 17.4. The minimum Gasteiger partial charge on any atom is -0.432 e. The van der Waals surface area contributed by atoms with Gasteiger partial charge in [0.2, 0.25) is 6.29 Å². The lowest BCUT2D eigenvalue weighted by atomic mass is 9.33. The molecule has 12 heteroatoms. The smallest absolute Gasteiger partial charge is 0.315 e. The van der Waals surface area contributed by atoms with E-state index in [4.69, 9.17) is 9.47 Å². The molecular formula is C35H56O12. The van der Waals surface area contributed by atoms with Gasteiger partial charge < -0.3 is 55.4 Å². The summed E-state index contributed by atoms with van der Waals surface area (Å²) in [6.45, 7) is 8.93. The number of aliphatic hydroxyl groups excluding tert-OH is 7. The number of ether oxygens (including phenoxy) is 2. The molecule has 9 N–H and O–H groups in total. The summed E-state index contributed by atoms with van der Waals surface area (Å²) < 4.78 is 11.4. The van der Waals surface area contributed by atoms with Crippen LogP contribution >= 0.6 is 0 Å². The van der Waals surface area contributed by atoms with Crippen LogP contribution in [0.3, 0.4) is 0 Å². The van der Waals surface area contributed by atoms with Crippen LogP contribution in [0.25, 0.3) is 0 Å². The SMILES string of the molecule is C[C@@H]1CC[C@]2(C(=O)O[C@@H]3O[C@H](CO)[C@@H](O)[C@H](O)[C@H]3O)CC[C@]3(C)C(=CC[C@@H]4[C@@]5(C)C[C@@H](O)[C@H](O)[C@@](O)(CO)[C@@H]5CC[C@]43C)[C@@H]2[C@]1(C)O. The van der Waals surface area contributed by atoms with E-state index in [1.54, 1.807) is 6.92 Å². The van der Waals surface area contributed by atoms with Crippen LogP contribution in [0.5, 0.6) is 0 Å². The second-order valence-corrected chi connectivity index (χ2v) is 17.0. The highest BCUT2D eigenvalue weighted by atomic mass is 16.7. The number of allylic oxidation sites excluding steroid dienone is 1. The van der Waals surface area contributed by atoms with Crippen LogP contribution in [0, 0.1) is 45.3 Å². The van der Waals surface area contributed by atoms with Gasteiger partial charge in [-0.25, -0.2) is 0 Å². The molecular weight excluding hydrogens is 612 g/mol. The largest absolute Gasteiger partial charge is 0.432 e. The fourth-order valence-electron chi connectivity index (χ4n) is 12.0. The van der Waals surface area contributed by atoms with Crippen molar-refractivity contribution in [3.8, 4) is 0 Å². The third kappa shape index (κ3) is 4.59. The second kappa shape index (κ2) is 11.4. The first kappa shape index (κ1) is 35.6. The van der Waals surface area contributed by atoms with Crippen LogP contribution in [-0.4, -0.2) is 119 Å². The molecule has 17 atom stereocenters. The minimum atomic E-state index is -1.84. The van der Waals surface area contributed by atoms with Crippen molar-refractivity contribution in [3.63, 3.8) is 0 Å². The van der Waals surface area contributed by atoms with Crippen molar-refractivity contribution in [2.24, 2.45) is 45.3 Å². The van der Waals surface area contributed by atoms with Crippen molar-refractivity contribution in [2.75, 3.05) is 13.2 Å². The predicted molar refractivity (Wildman–Crippen MR) is 166 cm³/mol. The van der Waals surface area contributed by atoms with Crippen molar-refractivity contribution in [2.45, 2.75) is 140 Å². The van der Waals surface area contributed by atoms with Crippen LogP contribution in [-0.2, 0) is 14.3 Å². The van der Waals surface area contributed by atoms with E-state index in [1.807, 2.05) is 6.92 Å². The summed E-state index contributed by atoms with van der Waals surface area (Å²) in [7, 11) is 0. The normalized spacial score (nSPS) is 57.5. The molecule has 5 fully saturated rings. The van der Waals surface area contributed by atoms with Gasteiger partial charge in [-0.15, -0.1) is 0 Å². The lowest BCUT2D eigenvalue weighted by molar-refractivity contribution is -0.299. The average Bonchev–Trinajstić information content (AvgIpc) is 3.02. The zero-order valence-electron chi connectivity index (χ0n) is 28.2. The van der Waals surface area contributed by atoms with E-state index in [0.29, 0.717) is 44.9 Å². The van der Waals surface area contributed by atoms with Gasteiger partial charge in [-0.2, -0.15) is 0 Å². The van der Waals surface area contributed by atoms with Gasteiger partial charge in [0.1, 0.15) is 36.1 Å². The first-order valence-electron chi connectivity index (χ1n) is 17.4. The van der Waals surface area contributed by atoms with Crippen LogP contribution < -0.4 is 0 Å². The molecule has 0 amide bonds. The number of carbonyl (C=O) groups is 1. The van der Waals surface area contributed by atoms with Gasteiger partial charge in [0.25, 0.3) is 0 Å². The molecule has 0 unspecified atom stereocenters. The van der Waals surface area contributed by atoms with Crippen molar-refractivity contribution in [1.29, 1.82) is 0 Å². The fraction of sp³-hybridized carbons (Fsp3) is 0.914. The summed E-state index contributed by atoms with van der Waals surface area (Å²) in [5.74, 6) is -1.95. The Morgan fingerprint density at radius 1 is 0.915 bits per heavy atom. The Labute approximate surface area is 276 Å². The molecule has 0 bridgehead atoms. The van der Waals surface area contributed by atoms with Gasteiger partial charge in [-0.1, -0.05) is 39.3 Å². The Bertz CT molecular complexity index is 1270. The fourth-order valence-corrected chi connectivity index (χ4v) is 12.0. The first-order chi connectivity index (χ1) is 21.8. The van der Waals surface area contributed by atoms with E-state index < -0.39 is 101 Å². The topological polar surface area (TPSA) is 218 Å². The van der Waals surface area contributed by atoms with Gasteiger partial charge in [0.05, 0.1) is 30.3 Å². The van der Waals surface area contributed by atoms with Crippen LogP contribution in [0.4, 0.5) is 0 Å². The monoisotopic (exact) mass is 668 g/mol. The summed E-state index contributed by atoms with van der Waals surface area (Å²) >= 11 is 0. The third-order valence-electron chi connectivity index (χ3n) is 15.2. The number of carbonyl (C=O) groups excluding carboxylic acids is 1. The maximum absolute atomic E-state index is 14.4. The van der Waals surface area contributed by atoms with Gasteiger partial charge in [0.15, 0.2) is 0 Å². The number of aliphatic hydroxyl groups is 9. The van der Waals surface area contributed by atoms with Crippen molar-refractivity contribution in [1.82, 2.24) is 0 Å². The molecule has 4 saturated carbocycles. The summed E-state index contributed by atoms with van der Waals surface area (Å²) in [6.07, 6.45) is -4.47. The molecule has 47 heavy (non-hydrogen) atoms. The van der Waals surface area contributed by atoms with E-state index in [1.165, 1.54) is 0 Å². The molecule has 0 radical (unpaired) electrons. The summed E-state index contributed by atoms with van der Waals surface area (Å²) in [5.41, 5.74) is -4.85. The number of hydrogen-bond donors (Lipinski definition) is 9. The molecule has 1 saturated heterocycles. The molecule has 1 aliphatic heterocycles. The molecule has 268 valence electrons. The van der Waals surface area contributed by atoms with Crippen molar-refractivity contribution < 1.29 is 60.2 Å². The molecule has 0 aromatic carbocycles. The van der Waals surface area contributed by atoms with E-state index in [0.717, 1.165) is 5.57 Å². The lowest BCUT2D eigenvalue weighted by Crippen LogP contribution is -2.72. The molecule has 6 rings (SSSR count). The van der Waals surface area contributed by atoms with Gasteiger partial charge in [-0.05, 0) is 92.3 Å². The molecule has 0 spiro atoms. The Kier molecular flexibility index (Phi) is 8.65. The molecule has 0 aromatic rings. The van der Waals surface area contributed by atoms with E-state index in [9.17, 15) is 50.8 Å². The Hall–Kier alpha value is -1.19. The standard InChI is InChI=1S/C35H56O12/c1-17-8-11-34(29(43)47-28-25(41)24(40)23(39)20(15-36)46-28)13-12-31(3)18(26(34)33(17,5)44)6-7-21-30(2)14-19(38)27(42)35(45,16-37)22(30)9-10-32(21,31)4/h6,17,19-28,36-42,44-45H,7-16H2,1-5H3/t17-,19-,20-,21-,22-,23-,24+,25-,26-,27+,28+,30-,31-,32-,33-,34+,35-/m1/s1. The van der Waals surface area contributed by atoms with Gasteiger partial charge in [0, 0.05) is 5.92 Å². The van der Waals surface area contributed by atoms with Crippen LogP contribution in [0.15, 0.2) is 11.6 Å². The molecule has 5 aliphatic carbocycles. The Balaban J connectivity index is 1.40. The zero-order valence-corrected chi connectivity index (χ0v) is 28.2. The second-order valence-electron chi connectivity index (χ2n) is 17.0. The number of esters is 1. The molecule has 12 nitrogen and oxygen atoms in total. The van der Waals surface area contributed by atoms with Crippen LogP contribution in [0.2, 0.25) is 0 Å². The minimum absolute atomic E-state index is 0.0396. The molecule has 0 aromatic heterocycles. The Morgan fingerprint density at radius 3 is 2.23 bits per heavy atom.